The summed E-state index contributed by atoms with van der Waals surface area (Å²) in [5.41, 5.74) is 0.519. The lowest BCUT2D eigenvalue weighted by atomic mass is 9.79. The number of rotatable bonds is 9. The van der Waals surface area contributed by atoms with Crippen LogP contribution in [0.15, 0.2) is 24.4 Å². The molecule has 1 saturated heterocycles. The molecule has 3 fully saturated rings. The smallest absolute Gasteiger partial charge is 0.419 e. The Labute approximate surface area is 246 Å². The summed E-state index contributed by atoms with van der Waals surface area (Å²) in [6.07, 6.45) is 2.59. The van der Waals surface area contributed by atoms with E-state index in [0.717, 1.165) is 70.2 Å². The first-order chi connectivity index (χ1) is 19.8. The van der Waals surface area contributed by atoms with E-state index in [0.29, 0.717) is 17.9 Å². The highest BCUT2D eigenvalue weighted by Crippen LogP contribution is 2.64. The summed E-state index contributed by atoms with van der Waals surface area (Å²) >= 11 is 0. The number of nitrogens with one attached hydrogen (secondary N) is 1. The maximum absolute atomic E-state index is 14.0. The molecule has 1 aromatic carbocycles. The molecule has 0 radical (unpaired) electrons. The minimum atomic E-state index is -4.58. The number of sulfonamides is 1. The van der Waals surface area contributed by atoms with Crippen LogP contribution in [0.4, 0.5) is 30.5 Å². The molecule has 42 heavy (non-hydrogen) atoms. The van der Waals surface area contributed by atoms with Crippen molar-refractivity contribution in [1.82, 2.24) is 19.2 Å². The molecule has 1 aliphatic heterocycles. The molecule has 2 aromatic rings. The van der Waals surface area contributed by atoms with E-state index < -0.39 is 21.8 Å². The molecule has 3 atom stereocenters. The summed E-state index contributed by atoms with van der Waals surface area (Å²) in [6, 6.07) is 5.60. The minimum absolute atomic E-state index is 0.0566. The average molecular weight is 611 g/mol. The topological polar surface area (TPSA) is 90.9 Å². The van der Waals surface area contributed by atoms with Gasteiger partial charge < -0.3 is 19.9 Å². The van der Waals surface area contributed by atoms with Crippen molar-refractivity contribution in [1.29, 1.82) is 0 Å². The van der Waals surface area contributed by atoms with Crippen LogP contribution in [0.2, 0.25) is 0 Å². The number of benzene rings is 1. The Morgan fingerprint density at radius 3 is 2.60 bits per heavy atom. The minimum Gasteiger partial charge on any atom is -0.494 e. The number of aromatic nitrogens is 2. The van der Waals surface area contributed by atoms with E-state index in [1.807, 2.05) is 18.2 Å². The predicted molar refractivity (Wildman–Crippen MR) is 157 cm³/mol. The average Bonchev–Trinajstić information content (AvgIpc) is 3.63. The molecule has 5 rings (SSSR count). The second-order valence-corrected chi connectivity index (χ2v) is 14.1. The predicted octanol–water partition coefficient (Wildman–Crippen LogP) is 4.77. The van der Waals surface area contributed by atoms with E-state index in [1.54, 1.807) is 14.2 Å². The number of halogens is 3. The van der Waals surface area contributed by atoms with Gasteiger partial charge in [0.1, 0.15) is 5.75 Å². The number of piperazine rings is 1. The molecular formula is C29H41F3N6O3S. The van der Waals surface area contributed by atoms with E-state index in [4.69, 9.17) is 4.74 Å². The fourth-order valence-electron chi connectivity index (χ4n) is 6.91. The molecular weight excluding hydrogens is 569 g/mol. The molecule has 2 saturated carbocycles. The molecule has 232 valence electrons. The summed E-state index contributed by atoms with van der Waals surface area (Å²) in [5.74, 6) is 0.776. The lowest BCUT2D eigenvalue weighted by Gasteiger charge is -2.38. The number of likely N-dealkylation sites (N-methyl/N-ethyl adjacent to an activating group) is 1. The SMILES string of the molecule is COc1cc(N2CCN(C)CC2)ccc1Nc1ncc(C(F)(F)F)c(CC[C@H]2C[C@@]23CCCC[C@H]3N(C)S(C)(=O)=O)n1. The third-order valence-corrected chi connectivity index (χ3v) is 10.8. The maximum atomic E-state index is 14.0. The van der Waals surface area contributed by atoms with Crippen LogP contribution in [0.3, 0.4) is 0 Å². The number of alkyl halides is 3. The largest absolute Gasteiger partial charge is 0.494 e. The monoisotopic (exact) mass is 610 g/mol. The molecule has 1 N–H and O–H groups in total. The van der Waals surface area contributed by atoms with E-state index in [2.05, 4.69) is 32.1 Å². The molecule has 1 aromatic heterocycles. The zero-order valence-electron chi connectivity index (χ0n) is 24.7. The van der Waals surface area contributed by atoms with Gasteiger partial charge in [0.2, 0.25) is 16.0 Å². The number of hydrogen-bond acceptors (Lipinski definition) is 8. The second-order valence-electron chi connectivity index (χ2n) is 12.1. The van der Waals surface area contributed by atoms with Gasteiger partial charge in [-0.05, 0) is 62.6 Å². The normalized spacial score (nSPS) is 25.2. The Hall–Kier alpha value is -2.64. The highest BCUT2D eigenvalue weighted by Gasteiger charge is 2.60. The lowest BCUT2D eigenvalue weighted by molar-refractivity contribution is -0.138. The van der Waals surface area contributed by atoms with Crippen molar-refractivity contribution >= 4 is 27.3 Å². The molecule has 1 spiro atoms. The van der Waals surface area contributed by atoms with Crippen LogP contribution in [-0.2, 0) is 22.6 Å². The van der Waals surface area contributed by atoms with Gasteiger partial charge in [0.25, 0.3) is 0 Å². The molecule has 2 heterocycles. The summed E-state index contributed by atoms with van der Waals surface area (Å²) in [4.78, 5) is 12.9. The third-order valence-electron chi connectivity index (χ3n) is 9.48. The van der Waals surface area contributed by atoms with Crippen molar-refractivity contribution in [3.63, 3.8) is 0 Å². The van der Waals surface area contributed by atoms with Gasteiger partial charge in [-0.15, -0.1) is 0 Å². The lowest BCUT2D eigenvalue weighted by Crippen LogP contribution is -2.45. The molecule has 0 unspecified atom stereocenters. The molecule has 9 nitrogen and oxygen atoms in total. The van der Waals surface area contributed by atoms with Gasteiger partial charge in [0, 0.05) is 57.2 Å². The molecule has 13 heteroatoms. The van der Waals surface area contributed by atoms with Crippen molar-refractivity contribution < 1.29 is 26.3 Å². The Balaban J connectivity index is 1.33. The highest BCUT2D eigenvalue weighted by molar-refractivity contribution is 7.88. The van der Waals surface area contributed by atoms with E-state index in [1.165, 1.54) is 10.6 Å². The van der Waals surface area contributed by atoms with Crippen molar-refractivity contribution in [2.75, 3.05) is 63.9 Å². The van der Waals surface area contributed by atoms with Crippen LogP contribution >= 0.6 is 0 Å². The van der Waals surface area contributed by atoms with Gasteiger partial charge >= 0.3 is 6.18 Å². The fraction of sp³-hybridized carbons (Fsp3) is 0.655. The first-order valence-corrected chi connectivity index (χ1v) is 16.4. The van der Waals surface area contributed by atoms with Crippen LogP contribution in [0.25, 0.3) is 0 Å². The van der Waals surface area contributed by atoms with Gasteiger partial charge in [-0.2, -0.15) is 13.2 Å². The molecule has 3 aliphatic rings. The zero-order valence-corrected chi connectivity index (χ0v) is 25.6. The fourth-order valence-corrected chi connectivity index (χ4v) is 7.68. The van der Waals surface area contributed by atoms with E-state index in [-0.39, 0.29) is 35.4 Å². The van der Waals surface area contributed by atoms with Crippen molar-refractivity contribution in [3.05, 3.63) is 35.7 Å². The summed E-state index contributed by atoms with van der Waals surface area (Å²) in [5, 5.41) is 3.06. The first kappa shape index (κ1) is 30.8. The number of ether oxygens (including phenoxy) is 1. The second kappa shape index (κ2) is 11.8. The van der Waals surface area contributed by atoms with Crippen LogP contribution in [-0.4, -0.2) is 87.3 Å². The Morgan fingerprint density at radius 1 is 1.19 bits per heavy atom. The van der Waals surface area contributed by atoms with E-state index >= 15 is 0 Å². The summed E-state index contributed by atoms with van der Waals surface area (Å²) < 4.78 is 73.5. The van der Waals surface area contributed by atoms with Crippen molar-refractivity contribution in [3.8, 4) is 5.75 Å². The van der Waals surface area contributed by atoms with Crippen molar-refractivity contribution in [2.24, 2.45) is 11.3 Å². The maximum Gasteiger partial charge on any atom is 0.419 e. The Kier molecular flexibility index (Phi) is 8.66. The van der Waals surface area contributed by atoms with Gasteiger partial charge in [-0.1, -0.05) is 12.8 Å². The van der Waals surface area contributed by atoms with Gasteiger partial charge in [0.05, 0.1) is 30.3 Å². The standard InChI is InChI=1S/C29H41F3N6O3S/c1-36-13-15-38(16-14-36)21-9-11-24(25(17-21)41-3)35-27-33-19-22(29(30,31)32)23(34-27)10-8-20-18-28(20)12-6-5-7-26(28)37(2)42(4,39)40/h9,11,17,19-20,26H,5-8,10,12-16,18H2,1-4H3,(H,33,34,35)/t20-,26+,28-/m0/s1. The van der Waals surface area contributed by atoms with E-state index in [9.17, 15) is 21.6 Å². The zero-order chi connectivity index (χ0) is 30.3. The van der Waals surface area contributed by atoms with Crippen LogP contribution in [0, 0.1) is 11.3 Å². The summed E-state index contributed by atoms with van der Waals surface area (Å²) in [7, 11) is 1.91. The first-order valence-electron chi connectivity index (χ1n) is 14.6. The van der Waals surface area contributed by atoms with Crippen molar-refractivity contribution in [2.45, 2.75) is 57.2 Å². The molecule has 0 amide bonds. The van der Waals surface area contributed by atoms with Gasteiger partial charge in [-0.25, -0.2) is 22.7 Å². The molecule has 2 aliphatic carbocycles. The van der Waals surface area contributed by atoms with Gasteiger partial charge in [-0.3, -0.25) is 0 Å². The number of nitrogens with zero attached hydrogens (tertiary/aromatic N) is 5. The molecule has 0 bridgehead atoms. The van der Waals surface area contributed by atoms with Crippen LogP contribution < -0.4 is 15.0 Å². The number of anilines is 3. The Morgan fingerprint density at radius 2 is 1.93 bits per heavy atom. The van der Waals surface area contributed by atoms with Crippen LogP contribution in [0.5, 0.6) is 5.75 Å². The van der Waals surface area contributed by atoms with Crippen LogP contribution in [0.1, 0.15) is 49.8 Å². The Bertz CT molecular complexity index is 1380. The number of hydrogen-bond donors (Lipinski definition) is 1. The summed E-state index contributed by atoms with van der Waals surface area (Å²) in [6.45, 7) is 3.71. The van der Waals surface area contributed by atoms with Gasteiger partial charge in [0.15, 0.2) is 0 Å². The third kappa shape index (κ3) is 6.47. The highest BCUT2D eigenvalue weighted by atomic mass is 32.2. The quantitative estimate of drug-likeness (QED) is 0.434. The number of aryl methyl sites for hydroxylation is 1. The number of methoxy groups -OCH3 is 1.